The summed E-state index contributed by atoms with van der Waals surface area (Å²) in [5.74, 6) is -4.31. The van der Waals surface area contributed by atoms with Crippen LogP contribution in [0.4, 0.5) is 0 Å². The zero-order chi connectivity index (χ0) is 29.8. The minimum atomic E-state index is -1.68. The molecule has 1 spiro atoms. The summed E-state index contributed by atoms with van der Waals surface area (Å²) in [6, 6.07) is 1.99. The summed E-state index contributed by atoms with van der Waals surface area (Å²) in [4.78, 5) is 53.0. The van der Waals surface area contributed by atoms with Gasteiger partial charge in [0.15, 0.2) is 18.1 Å². The maximum atomic E-state index is 13.1. The first-order valence-electron chi connectivity index (χ1n) is 12.1. The van der Waals surface area contributed by atoms with Crippen LogP contribution in [-0.4, -0.2) is 86.8 Å². The molecule has 0 aromatic carbocycles. The van der Waals surface area contributed by atoms with Gasteiger partial charge in [-0.05, 0) is 81.8 Å². The number of nitrogens with two attached hydrogens (primary N) is 2. The van der Waals surface area contributed by atoms with Gasteiger partial charge < -0.3 is 47.6 Å². The second-order valence-electron chi connectivity index (χ2n) is 9.80. The van der Waals surface area contributed by atoms with Crippen LogP contribution in [0, 0.1) is 17.8 Å². The Labute approximate surface area is 265 Å². The van der Waals surface area contributed by atoms with Crippen molar-refractivity contribution in [1.82, 2.24) is 31.2 Å². The fourth-order valence-corrected chi connectivity index (χ4v) is 7.14. The molecule has 3 amide bonds. The van der Waals surface area contributed by atoms with Crippen LogP contribution in [0.3, 0.4) is 0 Å². The molecule has 220 valence electrons. The molecule has 12 N–H and O–H groups in total. The van der Waals surface area contributed by atoms with Crippen LogP contribution >= 0.6 is 63.7 Å². The number of amides is 3. The fraction of sp³-hybridized carbons (Fsp3) is 0.409. The van der Waals surface area contributed by atoms with E-state index >= 15 is 0 Å². The van der Waals surface area contributed by atoms with Crippen molar-refractivity contribution in [3.63, 3.8) is 0 Å². The van der Waals surface area contributed by atoms with Crippen LogP contribution in [0.5, 0.6) is 0 Å². The first-order chi connectivity index (χ1) is 19.3. The van der Waals surface area contributed by atoms with Gasteiger partial charge in [-0.1, -0.05) is 0 Å². The molecule has 4 heterocycles. The van der Waals surface area contributed by atoms with E-state index in [1.807, 2.05) is 0 Å². The van der Waals surface area contributed by atoms with Gasteiger partial charge in [-0.15, -0.1) is 0 Å². The molecule has 0 saturated heterocycles. The monoisotopic (exact) mass is 824 g/mol. The van der Waals surface area contributed by atoms with Crippen molar-refractivity contribution in [2.75, 3.05) is 13.1 Å². The highest BCUT2D eigenvalue weighted by Gasteiger charge is 2.68. The third-order valence-electron chi connectivity index (χ3n) is 7.57. The maximum absolute atomic E-state index is 13.1. The lowest BCUT2D eigenvalue weighted by atomic mass is 9.76. The van der Waals surface area contributed by atoms with Gasteiger partial charge in [0.05, 0.1) is 24.3 Å². The largest absolute Gasteiger partial charge is 0.390 e. The van der Waals surface area contributed by atoms with Crippen molar-refractivity contribution in [1.29, 1.82) is 0 Å². The molecule has 2 aromatic rings. The number of carbonyl (C=O) groups excluding carboxylic acids is 3. The fourth-order valence-electron chi connectivity index (χ4n) is 5.83. The second-order valence-corrected chi connectivity index (χ2v) is 13.1. The Morgan fingerprint density at radius 3 is 1.85 bits per heavy atom. The van der Waals surface area contributed by atoms with E-state index in [0.717, 1.165) is 0 Å². The molecule has 19 heteroatoms. The van der Waals surface area contributed by atoms with E-state index in [0.29, 0.717) is 18.2 Å². The standard InChI is InChI=1S/C22H24Br4N10O5/c23-7-1-9(31-14(7)25)16(38)29-3-5-6(4-30-17(39)10-2-8(24)15(26)32-10)13(37)22(19(41)35-21(28)36-22)11(5)12-18(40)34-20(27)33-12/h1-2,5-6,11-13,19,31-32,37,41H,3-4H2,(H,29,38)(H,30,39)(H3,28,35,36)(H3,27,33,34,40)/t5-,6-,11+,12+,13-,19+,22+/m1/s1. The molecule has 41 heavy (non-hydrogen) atoms. The number of carbonyl (C=O) groups is 3. The van der Waals surface area contributed by atoms with Gasteiger partial charge in [0.1, 0.15) is 23.0 Å². The summed E-state index contributed by atoms with van der Waals surface area (Å²) in [6.45, 7) is -0.182. The van der Waals surface area contributed by atoms with Gasteiger partial charge in [-0.2, -0.15) is 0 Å². The van der Waals surface area contributed by atoms with E-state index in [1.54, 1.807) is 12.1 Å². The van der Waals surface area contributed by atoms with E-state index in [4.69, 9.17) is 11.5 Å². The summed E-state index contributed by atoms with van der Waals surface area (Å²) in [5, 5.41) is 33.8. The van der Waals surface area contributed by atoms with Gasteiger partial charge in [0.2, 0.25) is 0 Å². The van der Waals surface area contributed by atoms with E-state index in [-0.39, 0.29) is 36.4 Å². The quantitative estimate of drug-likeness (QED) is 0.175. The summed E-state index contributed by atoms with van der Waals surface area (Å²) >= 11 is 13.2. The molecule has 0 unspecified atom stereocenters. The van der Waals surface area contributed by atoms with Crippen molar-refractivity contribution in [2.24, 2.45) is 39.2 Å². The van der Waals surface area contributed by atoms with Crippen LogP contribution < -0.4 is 32.7 Å². The van der Waals surface area contributed by atoms with Gasteiger partial charge >= 0.3 is 0 Å². The minimum Gasteiger partial charge on any atom is -0.390 e. The first-order valence-corrected chi connectivity index (χ1v) is 15.3. The van der Waals surface area contributed by atoms with Crippen molar-refractivity contribution >= 4 is 93.4 Å². The Bertz CT molecular complexity index is 1440. The highest BCUT2D eigenvalue weighted by Crippen LogP contribution is 2.50. The van der Waals surface area contributed by atoms with E-state index in [2.05, 4.69) is 105 Å². The highest BCUT2D eigenvalue weighted by molar-refractivity contribution is 9.13. The lowest BCUT2D eigenvalue weighted by Crippen LogP contribution is -2.65. The lowest BCUT2D eigenvalue weighted by molar-refractivity contribution is -0.123. The number of nitrogens with one attached hydrogen (secondary N) is 6. The zero-order valence-corrected chi connectivity index (χ0v) is 27.1. The number of aliphatic hydroxyl groups is 2. The molecule has 5 rings (SSSR count). The maximum Gasteiger partial charge on any atom is 0.267 e. The molecular formula is C22H24Br4N10O5. The molecule has 0 radical (unpaired) electrons. The third kappa shape index (κ3) is 5.31. The molecule has 0 bridgehead atoms. The molecular weight excluding hydrogens is 804 g/mol. The average Bonchev–Trinajstić information content (AvgIpc) is 3.66. The van der Waals surface area contributed by atoms with Gasteiger partial charge in [-0.3, -0.25) is 19.7 Å². The number of aliphatic imine (C=N–C) groups is 2. The number of rotatable bonds is 7. The molecule has 7 atom stereocenters. The normalized spacial score (nSPS) is 30.6. The Morgan fingerprint density at radius 1 is 0.902 bits per heavy atom. The number of aromatic amines is 2. The number of aromatic nitrogens is 2. The minimum absolute atomic E-state index is 0.0792. The van der Waals surface area contributed by atoms with Crippen LogP contribution in [-0.2, 0) is 4.79 Å². The zero-order valence-electron chi connectivity index (χ0n) is 20.7. The summed E-state index contributed by atoms with van der Waals surface area (Å²) in [6.07, 6.45) is -2.98. The highest BCUT2D eigenvalue weighted by atomic mass is 79.9. The Hall–Kier alpha value is -2.45. The molecule has 2 aromatic heterocycles. The Kier molecular flexibility index (Phi) is 8.29. The number of guanidine groups is 2. The van der Waals surface area contributed by atoms with Gasteiger partial charge in [0.25, 0.3) is 17.7 Å². The molecule has 3 aliphatic rings. The number of hydrogen-bond acceptors (Lipinski definition) is 10. The predicted molar refractivity (Wildman–Crippen MR) is 161 cm³/mol. The molecule has 1 fully saturated rings. The van der Waals surface area contributed by atoms with Crippen LogP contribution in [0.25, 0.3) is 0 Å². The van der Waals surface area contributed by atoms with E-state index < -0.39 is 59.4 Å². The molecule has 1 aliphatic carbocycles. The van der Waals surface area contributed by atoms with Gasteiger partial charge in [-0.25, -0.2) is 9.98 Å². The van der Waals surface area contributed by atoms with Crippen molar-refractivity contribution in [2.45, 2.75) is 23.9 Å². The van der Waals surface area contributed by atoms with E-state index in [1.165, 1.54) is 0 Å². The van der Waals surface area contributed by atoms with E-state index in [9.17, 15) is 24.6 Å². The topological polar surface area (TPSA) is 248 Å². The summed E-state index contributed by atoms with van der Waals surface area (Å²) in [7, 11) is 0. The smallest absolute Gasteiger partial charge is 0.267 e. The number of halogens is 4. The number of hydrogen-bond donors (Lipinski definition) is 10. The van der Waals surface area contributed by atoms with Crippen LogP contribution in [0.1, 0.15) is 21.0 Å². The number of aliphatic hydroxyl groups excluding tert-OH is 2. The first kappa shape index (κ1) is 30.0. The summed E-state index contributed by atoms with van der Waals surface area (Å²) in [5.41, 5.74) is 10.5. The summed E-state index contributed by atoms with van der Waals surface area (Å²) < 4.78 is 2.41. The third-order valence-corrected chi connectivity index (χ3v) is 11.1. The number of nitrogens with zero attached hydrogens (tertiary/aromatic N) is 2. The number of H-pyrrole nitrogens is 2. The molecule has 15 nitrogen and oxygen atoms in total. The Morgan fingerprint density at radius 2 is 1.44 bits per heavy atom. The average molecular weight is 828 g/mol. The van der Waals surface area contributed by atoms with Gasteiger partial charge in [0, 0.05) is 24.9 Å². The van der Waals surface area contributed by atoms with Crippen molar-refractivity contribution < 1.29 is 24.6 Å². The van der Waals surface area contributed by atoms with Crippen molar-refractivity contribution in [3.05, 3.63) is 41.7 Å². The second kappa shape index (κ2) is 11.3. The molecule has 1 saturated carbocycles. The molecule has 2 aliphatic heterocycles. The predicted octanol–water partition coefficient (Wildman–Crippen LogP) is -0.436. The van der Waals surface area contributed by atoms with Crippen LogP contribution in [0.2, 0.25) is 0 Å². The van der Waals surface area contributed by atoms with Crippen LogP contribution in [0.15, 0.2) is 40.3 Å². The SMILES string of the molecule is NC1=N[C@@H]([C@@H]2[C@H](CNC(=O)c3cc(Br)c(Br)[nH]3)[C@@H](CNC(=O)c3cc(Br)c(Br)[nH]3)[C@@H](O)[C@@]23NC(N)=N[C@H]3O)C(=O)N1. The Balaban J connectivity index is 1.49. The van der Waals surface area contributed by atoms with Crippen molar-refractivity contribution in [3.8, 4) is 0 Å². The lowest BCUT2D eigenvalue weighted by Gasteiger charge is -2.39.